The summed E-state index contributed by atoms with van der Waals surface area (Å²) in [5.41, 5.74) is 0. The lowest BCUT2D eigenvalue weighted by molar-refractivity contribution is 0.369. The molecule has 0 aliphatic carbocycles. The van der Waals surface area contributed by atoms with E-state index in [1.807, 2.05) is 0 Å². The van der Waals surface area contributed by atoms with Gasteiger partial charge < -0.3 is 0 Å². The van der Waals surface area contributed by atoms with Gasteiger partial charge in [-0.15, -0.1) is 0 Å². The summed E-state index contributed by atoms with van der Waals surface area (Å²) in [5.74, 6) is 1.81. The number of hydrogen-bond donors (Lipinski definition) is 0. The summed E-state index contributed by atoms with van der Waals surface area (Å²) < 4.78 is 0. The first-order chi connectivity index (χ1) is 12.3. The first-order valence-electron chi connectivity index (χ1n) is 12.1. The first kappa shape index (κ1) is 25.0. The molecule has 0 aliphatic rings. The molecule has 0 aromatic carbocycles. The summed E-state index contributed by atoms with van der Waals surface area (Å²) in [4.78, 5) is 0. The third-order valence-corrected chi connectivity index (χ3v) is 5.76. The third-order valence-electron chi connectivity index (χ3n) is 5.76. The molecule has 25 heavy (non-hydrogen) atoms. The molecule has 0 spiro atoms. The largest absolute Gasteiger partial charge is 0.0654 e. The van der Waals surface area contributed by atoms with E-state index in [0.29, 0.717) is 0 Å². The maximum atomic E-state index is 2.83. The minimum absolute atomic E-state index is 0.902. The van der Waals surface area contributed by atoms with E-state index in [0.717, 1.165) is 11.8 Å². The van der Waals surface area contributed by atoms with Crippen LogP contribution in [0.5, 0.6) is 0 Å². The van der Waals surface area contributed by atoms with E-state index in [9.17, 15) is 0 Å². The summed E-state index contributed by atoms with van der Waals surface area (Å²) in [7, 11) is 0. The van der Waals surface area contributed by atoms with E-state index in [4.69, 9.17) is 0 Å². The third kappa shape index (κ3) is 17.2. The molecule has 0 fully saturated rings. The van der Waals surface area contributed by atoms with Crippen LogP contribution in [-0.2, 0) is 0 Å². The Labute approximate surface area is 161 Å². The zero-order valence-corrected chi connectivity index (χ0v) is 18.5. The van der Waals surface area contributed by atoms with Gasteiger partial charge in [-0.1, -0.05) is 143 Å². The minimum Gasteiger partial charge on any atom is -0.0654 e. The molecule has 0 bridgehead atoms. The van der Waals surface area contributed by atoms with Crippen LogP contribution in [0, 0.1) is 18.3 Å². The van der Waals surface area contributed by atoms with Gasteiger partial charge in [0.05, 0.1) is 0 Å². The van der Waals surface area contributed by atoms with Crippen LogP contribution in [0.15, 0.2) is 0 Å². The number of unbranched alkanes of at least 4 members (excludes halogenated alkanes) is 10. The van der Waals surface area contributed by atoms with Crippen molar-refractivity contribution in [2.75, 3.05) is 0 Å². The minimum atomic E-state index is 0.902. The Hall–Kier alpha value is 0. The number of hydrogen-bond acceptors (Lipinski definition) is 0. The predicted molar refractivity (Wildman–Crippen MR) is 117 cm³/mol. The van der Waals surface area contributed by atoms with Gasteiger partial charge in [-0.3, -0.25) is 0 Å². The fourth-order valence-corrected chi connectivity index (χ4v) is 4.02. The summed E-state index contributed by atoms with van der Waals surface area (Å²) >= 11 is 0. The highest BCUT2D eigenvalue weighted by Crippen LogP contribution is 2.29. The van der Waals surface area contributed by atoms with E-state index < -0.39 is 0 Å². The highest BCUT2D eigenvalue weighted by atomic mass is 14.2. The lowest BCUT2D eigenvalue weighted by Crippen LogP contribution is -2.11. The molecule has 0 N–H and O–H groups in total. The van der Waals surface area contributed by atoms with Crippen molar-refractivity contribution >= 4 is 0 Å². The molecule has 2 atom stereocenters. The molecule has 0 heterocycles. The molecule has 0 aliphatic heterocycles. The van der Waals surface area contributed by atoms with Gasteiger partial charge in [0.25, 0.3) is 0 Å². The highest BCUT2D eigenvalue weighted by molar-refractivity contribution is 4.84. The smallest absolute Gasteiger partial charge is 0.0324 e. The number of rotatable bonds is 20. The fraction of sp³-hybridized carbons (Fsp3) is 0.960. The van der Waals surface area contributed by atoms with Gasteiger partial charge in [-0.05, 0) is 18.3 Å². The summed E-state index contributed by atoms with van der Waals surface area (Å²) in [6.45, 7) is 9.32. The zero-order chi connectivity index (χ0) is 18.6. The zero-order valence-electron chi connectivity index (χ0n) is 18.5. The van der Waals surface area contributed by atoms with Crippen LogP contribution in [0.1, 0.15) is 143 Å². The topological polar surface area (TPSA) is 0 Å². The normalized spacial score (nSPS) is 13.9. The van der Waals surface area contributed by atoms with Crippen LogP contribution in [-0.4, -0.2) is 0 Å². The van der Waals surface area contributed by atoms with Gasteiger partial charge in [-0.25, -0.2) is 0 Å². The Balaban J connectivity index is 4.29. The first-order valence-corrected chi connectivity index (χ1v) is 12.1. The van der Waals surface area contributed by atoms with Crippen molar-refractivity contribution in [3.05, 3.63) is 6.42 Å². The summed E-state index contributed by atoms with van der Waals surface area (Å²) in [6, 6.07) is 0. The highest BCUT2D eigenvalue weighted by Gasteiger charge is 2.16. The van der Waals surface area contributed by atoms with E-state index in [1.54, 1.807) is 0 Å². The molecule has 0 aromatic rings. The fourth-order valence-electron chi connectivity index (χ4n) is 4.02. The van der Waals surface area contributed by atoms with Gasteiger partial charge in [0, 0.05) is 0 Å². The molecular weight excluding hydrogens is 300 g/mol. The Morgan fingerprint density at radius 2 is 0.720 bits per heavy atom. The monoisotopic (exact) mass is 351 g/mol. The van der Waals surface area contributed by atoms with E-state index in [-0.39, 0.29) is 0 Å². The van der Waals surface area contributed by atoms with Crippen molar-refractivity contribution in [3.8, 4) is 0 Å². The van der Waals surface area contributed by atoms with Crippen LogP contribution >= 0.6 is 0 Å². The van der Waals surface area contributed by atoms with Crippen molar-refractivity contribution in [3.63, 3.8) is 0 Å². The van der Waals surface area contributed by atoms with Crippen molar-refractivity contribution < 1.29 is 0 Å². The molecule has 0 aromatic heterocycles. The second kappa shape index (κ2) is 20.3. The van der Waals surface area contributed by atoms with Crippen molar-refractivity contribution in [2.45, 2.75) is 143 Å². The Bertz CT molecular complexity index is 232. The van der Waals surface area contributed by atoms with Crippen molar-refractivity contribution in [1.29, 1.82) is 0 Å². The van der Waals surface area contributed by atoms with Crippen LogP contribution in [0.4, 0.5) is 0 Å². The van der Waals surface area contributed by atoms with Gasteiger partial charge in [0.2, 0.25) is 0 Å². The van der Waals surface area contributed by atoms with Crippen LogP contribution in [0.3, 0.4) is 0 Å². The summed E-state index contributed by atoms with van der Waals surface area (Å²) in [5, 5.41) is 0. The average molecular weight is 352 g/mol. The Morgan fingerprint density at radius 1 is 0.400 bits per heavy atom. The molecule has 0 nitrogen and oxygen atoms in total. The Morgan fingerprint density at radius 3 is 1.20 bits per heavy atom. The van der Waals surface area contributed by atoms with Crippen LogP contribution in [0.25, 0.3) is 0 Å². The molecule has 0 saturated heterocycles. The molecule has 0 rings (SSSR count). The maximum absolute atomic E-state index is 2.83. The lowest BCUT2D eigenvalue weighted by atomic mass is 9.82. The van der Waals surface area contributed by atoms with Gasteiger partial charge >= 0.3 is 0 Å². The lowest BCUT2D eigenvalue weighted by Gasteiger charge is -2.24. The Kier molecular flexibility index (Phi) is 20.3. The van der Waals surface area contributed by atoms with Crippen molar-refractivity contribution in [2.24, 2.45) is 11.8 Å². The van der Waals surface area contributed by atoms with Gasteiger partial charge in [0.15, 0.2) is 0 Å². The van der Waals surface area contributed by atoms with E-state index >= 15 is 0 Å². The molecule has 0 amide bonds. The molecule has 0 saturated carbocycles. The predicted octanol–water partition coefficient (Wildman–Crippen LogP) is 9.52. The molecule has 2 unspecified atom stereocenters. The van der Waals surface area contributed by atoms with E-state index in [2.05, 4.69) is 34.1 Å². The second-order valence-electron chi connectivity index (χ2n) is 8.40. The van der Waals surface area contributed by atoms with Gasteiger partial charge in [-0.2, -0.15) is 0 Å². The van der Waals surface area contributed by atoms with Crippen LogP contribution < -0.4 is 0 Å². The standard InChI is InChI=1S/C25H51/c1-5-9-13-15-18-22-24(19-12-8-4)23-25(20-16-11-7-3)21-17-14-10-6-2/h23-25H,5-22H2,1-4H3. The second-order valence-corrected chi connectivity index (χ2v) is 8.40. The maximum Gasteiger partial charge on any atom is -0.0324 e. The molecular formula is C25H51. The summed E-state index contributed by atoms with van der Waals surface area (Å²) in [6.07, 6.45) is 28.5. The van der Waals surface area contributed by atoms with E-state index in [1.165, 1.54) is 116 Å². The van der Waals surface area contributed by atoms with Crippen LogP contribution in [0.2, 0.25) is 0 Å². The van der Waals surface area contributed by atoms with Crippen molar-refractivity contribution in [1.82, 2.24) is 0 Å². The van der Waals surface area contributed by atoms with Gasteiger partial charge in [0.1, 0.15) is 0 Å². The molecule has 1 radical (unpaired) electrons. The molecule has 0 heteroatoms. The quantitative estimate of drug-likeness (QED) is 0.191. The molecule has 151 valence electrons. The average Bonchev–Trinajstić information content (AvgIpc) is 2.62. The SMILES string of the molecule is CCCCCCCC([CH]C(CCCCC)CCCCCC)CCCC.